The maximum atomic E-state index is 10.9. The van der Waals surface area contributed by atoms with Crippen LogP contribution in [0.3, 0.4) is 0 Å². The standard InChI is InChI=1S/C9H7NO/c11-9-8(6-10-9)7-4-2-1-3-5-7/h1-6H,(H,10,11). The number of hydrogen-bond acceptors (Lipinski definition) is 1. The van der Waals surface area contributed by atoms with E-state index < -0.39 is 0 Å². The van der Waals surface area contributed by atoms with Gasteiger partial charge < -0.3 is 5.32 Å². The molecule has 0 radical (unpaired) electrons. The number of benzene rings is 1. The summed E-state index contributed by atoms with van der Waals surface area (Å²) in [6.07, 6.45) is 1.72. The van der Waals surface area contributed by atoms with Gasteiger partial charge in [-0.1, -0.05) is 30.3 Å². The summed E-state index contributed by atoms with van der Waals surface area (Å²) in [5.74, 6) is 0.0104. The molecule has 0 bridgehead atoms. The molecule has 0 fully saturated rings. The van der Waals surface area contributed by atoms with E-state index in [1.165, 1.54) is 0 Å². The molecular formula is C9H7NO. The van der Waals surface area contributed by atoms with Gasteiger partial charge in [0.2, 0.25) is 0 Å². The molecule has 1 amide bonds. The second-order valence-electron chi connectivity index (χ2n) is 2.40. The number of carbonyl (C=O) groups is 1. The van der Waals surface area contributed by atoms with Gasteiger partial charge in [-0.25, -0.2) is 0 Å². The molecule has 0 unspecified atom stereocenters. The van der Waals surface area contributed by atoms with Gasteiger partial charge in [-0.3, -0.25) is 4.79 Å². The van der Waals surface area contributed by atoms with Gasteiger partial charge >= 0.3 is 0 Å². The highest BCUT2D eigenvalue weighted by atomic mass is 16.2. The molecule has 0 aliphatic carbocycles. The third-order valence-electron chi connectivity index (χ3n) is 1.68. The van der Waals surface area contributed by atoms with Gasteiger partial charge in [0.25, 0.3) is 5.91 Å². The number of nitrogens with one attached hydrogen (secondary N) is 1. The first-order chi connectivity index (χ1) is 5.38. The molecule has 1 aliphatic rings. The predicted molar refractivity (Wildman–Crippen MR) is 42.6 cm³/mol. The number of carbonyl (C=O) groups excluding carboxylic acids is 1. The summed E-state index contributed by atoms with van der Waals surface area (Å²) in [5.41, 5.74) is 1.75. The molecular weight excluding hydrogens is 138 g/mol. The van der Waals surface area contributed by atoms with Crippen LogP contribution in [-0.4, -0.2) is 5.91 Å². The molecule has 1 aromatic rings. The van der Waals surface area contributed by atoms with E-state index in [9.17, 15) is 4.79 Å². The van der Waals surface area contributed by atoms with Gasteiger partial charge in [0.1, 0.15) is 0 Å². The Morgan fingerprint density at radius 1 is 1.09 bits per heavy atom. The van der Waals surface area contributed by atoms with Crippen LogP contribution in [0.15, 0.2) is 36.5 Å². The van der Waals surface area contributed by atoms with Crippen LogP contribution in [0.5, 0.6) is 0 Å². The zero-order valence-electron chi connectivity index (χ0n) is 5.87. The fourth-order valence-electron chi connectivity index (χ4n) is 1.04. The van der Waals surface area contributed by atoms with Gasteiger partial charge in [-0.05, 0) is 5.56 Å². The van der Waals surface area contributed by atoms with Crippen LogP contribution in [0, 0.1) is 0 Å². The summed E-state index contributed by atoms with van der Waals surface area (Å²) < 4.78 is 0. The Bertz CT molecular complexity index is 314. The van der Waals surface area contributed by atoms with Crippen molar-refractivity contribution < 1.29 is 4.79 Å². The average Bonchev–Trinajstić information content (AvgIpc) is 2.04. The average molecular weight is 145 g/mol. The topological polar surface area (TPSA) is 29.1 Å². The van der Waals surface area contributed by atoms with Crippen molar-refractivity contribution in [2.45, 2.75) is 0 Å². The van der Waals surface area contributed by atoms with Crippen molar-refractivity contribution in [1.29, 1.82) is 0 Å². The highest BCUT2D eigenvalue weighted by Gasteiger charge is 2.17. The van der Waals surface area contributed by atoms with Crippen molar-refractivity contribution in [3.63, 3.8) is 0 Å². The summed E-state index contributed by atoms with van der Waals surface area (Å²) in [6.45, 7) is 0. The molecule has 1 aliphatic heterocycles. The SMILES string of the molecule is O=C1NC=C1c1ccccc1. The Morgan fingerprint density at radius 3 is 2.27 bits per heavy atom. The second kappa shape index (κ2) is 2.23. The molecule has 0 saturated heterocycles. The van der Waals surface area contributed by atoms with Crippen molar-refractivity contribution in [3.05, 3.63) is 42.1 Å². The number of amides is 1. The van der Waals surface area contributed by atoms with Crippen molar-refractivity contribution in [2.24, 2.45) is 0 Å². The fraction of sp³-hybridized carbons (Fsp3) is 0. The Balaban J connectivity index is 2.38. The summed E-state index contributed by atoms with van der Waals surface area (Å²) >= 11 is 0. The van der Waals surface area contributed by atoms with Crippen LogP contribution in [0.2, 0.25) is 0 Å². The van der Waals surface area contributed by atoms with Crippen LogP contribution in [0.1, 0.15) is 5.56 Å². The molecule has 54 valence electrons. The molecule has 2 rings (SSSR count). The van der Waals surface area contributed by atoms with E-state index in [0.29, 0.717) is 0 Å². The minimum absolute atomic E-state index is 0.0104. The lowest BCUT2D eigenvalue weighted by Crippen LogP contribution is -2.28. The second-order valence-corrected chi connectivity index (χ2v) is 2.40. The Labute approximate surface area is 64.5 Å². The van der Waals surface area contributed by atoms with Gasteiger partial charge in [-0.2, -0.15) is 0 Å². The largest absolute Gasteiger partial charge is 0.328 e. The molecule has 0 spiro atoms. The Hall–Kier alpha value is -1.57. The smallest absolute Gasteiger partial charge is 0.257 e. The zero-order valence-corrected chi connectivity index (χ0v) is 5.87. The summed E-state index contributed by atoms with van der Waals surface area (Å²) in [6, 6.07) is 9.61. The minimum Gasteiger partial charge on any atom is -0.328 e. The summed E-state index contributed by atoms with van der Waals surface area (Å²) in [7, 11) is 0. The molecule has 1 heterocycles. The third kappa shape index (κ3) is 0.923. The van der Waals surface area contributed by atoms with E-state index in [-0.39, 0.29) is 5.91 Å². The molecule has 2 heteroatoms. The van der Waals surface area contributed by atoms with Crippen molar-refractivity contribution in [2.75, 3.05) is 0 Å². The van der Waals surface area contributed by atoms with Crippen LogP contribution >= 0.6 is 0 Å². The van der Waals surface area contributed by atoms with Crippen LogP contribution < -0.4 is 5.32 Å². The van der Waals surface area contributed by atoms with Crippen molar-refractivity contribution in [1.82, 2.24) is 5.32 Å². The van der Waals surface area contributed by atoms with E-state index >= 15 is 0 Å². The lowest BCUT2D eigenvalue weighted by molar-refractivity contribution is -0.116. The van der Waals surface area contributed by atoms with E-state index in [1.807, 2.05) is 30.3 Å². The van der Waals surface area contributed by atoms with Crippen LogP contribution in [0.25, 0.3) is 5.57 Å². The monoisotopic (exact) mass is 145 g/mol. The first-order valence-electron chi connectivity index (χ1n) is 3.44. The van der Waals surface area contributed by atoms with Gasteiger partial charge in [0, 0.05) is 6.20 Å². The predicted octanol–water partition coefficient (Wildman–Crippen LogP) is 1.16. The van der Waals surface area contributed by atoms with E-state index in [0.717, 1.165) is 11.1 Å². The first-order valence-corrected chi connectivity index (χ1v) is 3.44. The Morgan fingerprint density at radius 2 is 1.82 bits per heavy atom. The number of hydrogen-bond donors (Lipinski definition) is 1. The summed E-state index contributed by atoms with van der Waals surface area (Å²) in [5, 5.41) is 2.56. The van der Waals surface area contributed by atoms with E-state index in [4.69, 9.17) is 0 Å². The molecule has 1 aromatic carbocycles. The maximum Gasteiger partial charge on any atom is 0.257 e. The van der Waals surface area contributed by atoms with Gasteiger partial charge in [0.15, 0.2) is 0 Å². The maximum absolute atomic E-state index is 10.9. The highest BCUT2D eigenvalue weighted by molar-refractivity contribution is 6.25. The molecule has 1 N–H and O–H groups in total. The molecule has 0 aromatic heterocycles. The third-order valence-corrected chi connectivity index (χ3v) is 1.68. The molecule has 11 heavy (non-hydrogen) atoms. The molecule has 2 nitrogen and oxygen atoms in total. The molecule has 0 atom stereocenters. The van der Waals surface area contributed by atoms with Crippen molar-refractivity contribution in [3.8, 4) is 0 Å². The Kier molecular flexibility index (Phi) is 1.25. The van der Waals surface area contributed by atoms with Crippen LogP contribution in [-0.2, 0) is 4.79 Å². The van der Waals surface area contributed by atoms with Crippen LogP contribution in [0.4, 0.5) is 0 Å². The fourth-order valence-corrected chi connectivity index (χ4v) is 1.04. The lowest BCUT2D eigenvalue weighted by Gasteiger charge is -2.14. The van der Waals surface area contributed by atoms with E-state index in [1.54, 1.807) is 6.20 Å². The quantitative estimate of drug-likeness (QED) is 0.631. The van der Waals surface area contributed by atoms with Gasteiger partial charge in [0.05, 0.1) is 5.57 Å². The van der Waals surface area contributed by atoms with Gasteiger partial charge in [-0.15, -0.1) is 0 Å². The number of rotatable bonds is 1. The normalized spacial score (nSPS) is 14.9. The molecule has 0 saturated carbocycles. The minimum atomic E-state index is 0.0104. The summed E-state index contributed by atoms with van der Waals surface area (Å²) in [4.78, 5) is 10.9. The highest BCUT2D eigenvalue weighted by Crippen LogP contribution is 2.17. The lowest BCUT2D eigenvalue weighted by atomic mass is 10.0. The van der Waals surface area contributed by atoms with E-state index in [2.05, 4.69) is 5.32 Å². The zero-order chi connectivity index (χ0) is 7.68. The van der Waals surface area contributed by atoms with Crippen molar-refractivity contribution >= 4 is 11.5 Å². The first kappa shape index (κ1) is 6.16.